The van der Waals surface area contributed by atoms with Gasteiger partial charge in [-0.2, -0.15) is 5.10 Å². The number of thiazole rings is 1. The lowest BCUT2D eigenvalue weighted by atomic mass is 10.2. The van der Waals surface area contributed by atoms with Gasteiger partial charge in [0.1, 0.15) is 11.5 Å². The molecule has 0 unspecified atom stereocenters. The number of methoxy groups -OCH3 is 2. The zero-order valence-electron chi connectivity index (χ0n) is 12.6. The fourth-order valence-corrected chi connectivity index (χ4v) is 3.38. The van der Waals surface area contributed by atoms with Gasteiger partial charge in [-0.05, 0) is 29.6 Å². The number of nitrogens with one attached hydrogen (secondary N) is 1. The maximum atomic E-state index is 5.31. The summed E-state index contributed by atoms with van der Waals surface area (Å²) in [5.41, 5.74) is 4.74. The van der Waals surface area contributed by atoms with Crippen molar-refractivity contribution in [2.45, 2.75) is 0 Å². The topological polar surface area (TPSA) is 55.7 Å². The Kier molecular flexibility index (Phi) is 4.89. The molecule has 2 heterocycles. The molecule has 0 aliphatic carbocycles. The minimum absolute atomic E-state index is 0.731. The van der Waals surface area contributed by atoms with Gasteiger partial charge in [0.05, 0.1) is 31.0 Å². The third kappa shape index (κ3) is 3.69. The summed E-state index contributed by atoms with van der Waals surface area (Å²) in [6.45, 7) is 0. The monoisotopic (exact) mass is 345 g/mol. The van der Waals surface area contributed by atoms with Crippen molar-refractivity contribution in [3.05, 3.63) is 46.7 Å². The fraction of sp³-hybridized carbons (Fsp3) is 0.125. The molecule has 23 heavy (non-hydrogen) atoms. The number of anilines is 1. The zero-order chi connectivity index (χ0) is 16.1. The predicted octanol–water partition coefficient (Wildman–Crippen LogP) is 4.33. The van der Waals surface area contributed by atoms with E-state index in [1.165, 1.54) is 11.3 Å². The number of aromatic nitrogens is 1. The highest BCUT2D eigenvalue weighted by Crippen LogP contribution is 2.28. The Labute approximate surface area is 142 Å². The molecule has 1 aromatic carbocycles. The summed E-state index contributed by atoms with van der Waals surface area (Å²) in [4.78, 5) is 5.65. The van der Waals surface area contributed by atoms with Crippen molar-refractivity contribution in [3.8, 4) is 22.1 Å². The summed E-state index contributed by atoms with van der Waals surface area (Å²) in [6, 6.07) is 9.62. The van der Waals surface area contributed by atoms with Gasteiger partial charge in [-0.1, -0.05) is 6.07 Å². The molecule has 0 fully saturated rings. The Morgan fingerprint density at radius 2 is 2.09 bits per heavy atom. The SMILES string of the molecule is COc1ccc(OC)c(/C=N/Nc2nc(-c3cccs3)cs2)c1. The molecule has 7 heteroatoms. The number of ether oxygens (including phenoxy) is 2. The minimum atomic E-state index is 0.731. The van der Waals surface area contributed by atoms with Crippen LogP contribution in [0, 0.1) is 0 Å². The van der Waals surface area contributed by atoms with Crippen LogP contribution in [-0.2, 0) is 0 Å². The van der Waals surface area contributed by atoms with E-state index in [0.29, 0.717) is 0 Å². The fourth-order valence-electron chi connectivity index (χ4n) is 1.96. The molecule has 0 saturated carbocycles. The van der Waals surface area contributed by atoms with Crippen LogP contribution in [0.3, 0.4) is 0 Å². The Morgan fingerprint density at radius 3 is 2.83 bits per heavy atom. The number of hydrogen-bond acceptors (Lipinski definition) is 7. The first kappa shape index (κ1) is 15.5. The molecule has 0 radical (unpaired) electrons. The van der Waals surface area contributed by atoms with E-state index in [0.717, 1.165) is 32.8 Å². The van der Waals surface area contributed by atoms with Gasteiger partial charge in [0.15, 0.2) is 0 Å². The van der Waals surface area contributed by atoms with E-state index >= 15 is 0 Å². The van der Waals surface area contributed by atoms with Crippen LogP contribution in [0.2, 0.25) is 0 Å². The van der Waals surface area contributed by atoms with Crippen LogP contribution in [0.1, 0.15) is 5.56 Å². The van der Waals surface area contributed by atoms with Crippen LogP contribution in [0.4, 0.5) is 5.13 Å². The van der Waals surface area contributed by atoms with E-state index in [4.69, 9.17) is 9.47 Å². The Hall–Kier alpha value is -2.38. The van der Waals surface area contributed by atoms with Crippen LogP contribution < -0.4 is 14.9 Å². The molecule has 3 aromatic rings. The molecule has 3 rings (SSSR count). The highest BCUT2D eigenvalue weighted by Gasteiger charge is 2.05. The summed E-state index contributed by atoms with van der Waals surface area (Å²) in [5, 5.41) is 9.02. The first-order chi connectivity index (χ1) is 11.3. The average molecular weight is 345 g/mol. The van der Waals surface area contributed by atoms with Gasteiger partial charge in [-0.3, -0.25) is 5.43 Å². The van der Waals surface area contributed by atoms with E-state index in [1.54, 1.807) is 31.8 Å². The first-order valence-electron chi connectivity index (χ1n) is 6.80. The van der Waals surface area contributed by atoms with Gasteiger partial charge < -0.3 is 9.47 Å². The number of hydrazone groups is 1. The molecular formula is C16H15N3O2S2. The largest absolute Gasteiger partial charge is 0.497 e. The van der Waals surface area contributed by atoms with Crippen molar-refractivity contribution in [2.24, 2.45) is 5.10 Å². The summed E-state index contributed by atoms with van der Waals surface area (Å²) >= 11 is 3.18. The number of nitrogens with zero attached hydrogens (tertiary/aromatic N) is 2. The summed E-state index contributed by atoms with van der Waals surface area (Å²) in [7, 11) is 3.25. The average Bonchev–Trinajstić information content (AvgIpc) is 3.26. The van der Waals surface area contributed by atoms with Crippen LogP contribution in [0.25, 0.3) is 10.6 Å². The zero-order valence-corrected chi connectivity index (χ0v) is 14.3. The number of thiophene rings is 1. The second-order valence-corrected chi connectivity index (χ2v) is 6.30. The second kappa shape index (κ2) is 7.26. The van der Waals surface area contributed by atoms with E-state index in [-0.39, 0.29) is 0 Å². The first-order valence-corrected chi connectivity index (χ1v) is 8.56. The van der Waals surface area contributed by atoms with Crippen molar-refractivity contribution in [2.75, 3.05) is 19.6 Å². The predicted molar refractivity (Wildman–Crippen MR) is 96.2 cm³/mol. The quantitative estimate of drug-likeness (QED) is 0.533. The van der Waals surface area contributed by atoms with Crippen LogP contribution >= 0.6 is 22.7 Å². The van der Waals surface area contributed by atoms with Gasteiger partial charge in [0, 0.05) is 10.9 Å². The summed E-state index contributed by atoms with van der Waals surface area (Å²) < 4.78 is 10.5. The lowest BCUT2D eigenvalue weighted by molar-refractivity contribution is 0.402. The second-order valence-electron chi connectivity index (χ2n) is 4.49. The van der Waals surface area contributed by atoms with Crippen molar-refractivity contribution >= 4 is 34.0 Å². The van der Waals surface area contributed by atoms with Gasteiger partial charge in [0.25, 0.3) is 0 Å². The van der Waals surface area contributed by atoms with Crippen molar-refractivity contribution in [1.29, 1.82) is 0 Å². The van der Waals surface area contributed by atoms with Crippen molar-refractivity contribution < 1.29 is 9.47 Å². The molecule has 0 bridgehead atoms. The minimum Gasteiger partial charge on any atom is -0.497 e. The lowest BCUT2D eigenvalue weighted by Crippen LogP contribution is -1.95. The Morgan fingerprint density at radius 1 is 1.17 bits per heavy atom. The van der Waals surface area contributed by atoms with E-state index < -0.39 is 0 Å². The van der Waals surface area contributed by atoms with Gasteiger partial charge >= 0.3 is 0 Å². The van der Waals surface area contributed by atoms with Crippen LogP contribution in [-0.4, -0.2) is 25.4 Å². The lowest BCUT2D eigenvalue weighted by Gasteiger charge is -2.06. The molecule has 0 amide bonds. The molecule has 2 aromatic heterocycles. The molecular weight excluding hydrogens is 330 g/mol. The highest BCUT2D eigenvalue weighted by molar-refractivity contribution is 7.15. The van der Waals surface area contributed by atoms with Crippen molar-refractivity contribution in [1.82, 2.24) is 4.98 Å². The van der Waals surface area contributed by atoms with Crippen molar-refractivity contribution in [3.63, 3.8) is 0 Å². The molecule has 0 aliphatic rings. The maximum Gasteiger partial charge on any atom is 0.203 e. The maximum absolute atomic E-state index is 5.31. The molecule has 118 valence electrons. The van der Waals surface area contributed by atoms with E-state index in [1.807, 2.05) is 41.1 Å². The molecule has 0 spiro atoms. The van der Waals surface area contributed by atoms with E-state index in [2.05, 4.69) is 15.5 Å². The molecule has 0 aliphatic heterocycles. The van der Waals surface area contributed by atoms with Crippen LogP contribution in [0.15, 0.2) is 46.2 Å². The third-order valence-corrected chi connectivity index (χ3v) is 4.72. The van der Waals surface area contributed by atoms with Gasteiger partial charge in [-0.15, -0.1) is 22.7 Å². The summed E-state index contributed by atoms with van der Waals surface area (Å²) in [5.74, 6) is 1.48. The normalized spacial score (nSPS) is 10.9. The molecule has 0 saturated heterocycles. The number of hydrogen-bond donors (Lipinski definition) is 1. The highest BCUT2D eigenvalue weighted by atomic mass is 32.1. The standard InChI is InChI=1S/C16H15N3O2S2/c1-20-12-5-6-14(21-2)11(8-12)9-17-19-16-18-13(10-23-16)15-4-3-7-22-15/h3-10H,1-2H3,(H,18,19)/b17-9+. The smallest absolute Gasteiger partial charge is 0.203 e. The van der Waals surface area contributed by atoms with Gasteiger partial charge in [0.2, 0.25) is 5.13 Å². The Balaban J connectivity index is 1.72. The van der Waals surface area contributed by atoms with E-state index in [9.17, 15) is 0 Å². The molecule has 5 nitrogen and oxygen atoms in total. The Bertz CT molecular complexity index is 798. The summed E-state index contributed by atoms with van der Waals surface area (Å²) in [6.07, 6.45) is 1.69. The molecule has 1 N–H and O–H groups in total. The third-order valence-electron chi connectivity index (χ3n) is 3.08. The molecule has 0 atom stereocenters. The van der Waals surface area contributed by atoms with Gasteiger partial charge in [-0.25, -0.2) is 4.98 Å². The number of rotatable bonds is 6. The van der Waals surface area contributed by atoms with Crippen LogP contribution in [0.5, 0.6) is 11.5 Å². The number of benzene rings is 1.